The predicted molar refractivity (Wildman–Crippen MR) is 101 cm³/mol. The molecule has 7 nitrogen and oxygen atoms in total. The highest BCUT2D eigenvalue weighted by atomic mass is 16.5. The molecule has 0 bridgehead atoms. The van der Waals surface area contributed by atoms with Gasteiger partial charge in [-0.3, -0.25) is 5.32 Å². The van der Waals surface area contributed by atoms with Crippen LogP contribution in [0.1, 0.15) is 18.1 Å². The van der Waals surface area contributed by atoms with E-state index in [1.807, 2.05) is 45.0 Å². The summed E-state index contributed by atoms with van der Waals surface area (Å²) in [5.41, 5.74) is 4.99. The van der Waals surface area contributed by atoms with Crippen LogP contribution in [-0.4, -0.2) is 34.6 Å². The Morgan fingerprint density at radius 1 is 1.15 bits per heavy atom. The van der Waals surface area contributed by atoms with E-state index in [4.69, 9.17) is 4.74 Å². The fourth-order valence-corrected chi connectivity index (χ4v) is 2.86. The maximum Gasteiger partial charge on any atom is 0.320 e. The third kappa shape index (κ3) is 3.56. The molecule has 0 saturated carbocycles. The molecule has 0 aliphatic carbocycles. The number of carbonyl (C=O) groups excluding carboxylic acids is 1. The Labute approximate surface area is 151 Å². The van der Waals surface area contributed by atoms with E-state index in [0.29, 0.717) is 23.5 Å². The minimum atomic E-state index is -0.321. The lowest BCUT2D eigenvalue weighted by Crippen LogP contribution is -2.28. The van der Waals surface area contributed by atoms with Crippen molar-refractivity contribution in [3.05, 3.63) is 41.6 Å². The van der Waals surface area contributed by atoms with Gasteiger partial charge in [0, 0.05) is 12.1 Å². The average Bonchev–Trinajstić information content (AvgIpc) is 2.61. The maximum atomic E-state index is 11.7. The molecular formula is C19H21N5O2. The van der Waals surface area contributed by atoms with Gasteiger partial charge < -0.3 is 10.1 Å². The highest BCUT2D eigenvalue weighted by molar-refractivity contribution is 5.89. The van der Waals surface area contributed by atoms with Gasteiger partial charge >= 0.3 is 6.03 Å². The molecule has 0 aliphatic rings. The molecule has 0 unspecified atom stereocenters. The molecule has 134 valence electrons. The van der Waals surface area contributed by atoms with Crippen LogP contribution in [0.5, 0.6) is 5.75 Å². The predicted octanol–water partition coefficient (Wildman–Crippen LogP) is 3.46. The number of anilines is 1. The summed E-state index contributed by atoms with van der Waals surface area (Å²) in [4.78, 5) is 25.0. The summed E-state index contributed by atoms with van der Waals surface area (Å²) < 4.78 is 5.42. The Kier molecular flexibility index (Phi) is 4.97. The van der Waals surface area contributed by atoms with E-state index in [2.05, 4.69) is 25.6 Å². The van der Waals surface area contributed by atoms with Crippen molar-refractivity contribution in [1.82, 2.24) is 20.3 Å². The second-order valence-corrected chi connectivity index (χ2v) is 5.92. The van der Waals surface area contributed by atoms with Crippen LogP contribution in [-0.2, 0) is 0 Å². The smallest absolute Gasteiger partial charge is 0.320 e. The van der Waals surface area contributed by atoms with Gasteiger partial charge in [-0.15, -0.1) is 0 Å². The molecule has 0 saturated heterocycles. The second kappa shape index (κ2) is 7.35. The molecule has 1 aromatic carbocycles. The van der Waals surface area contributed by atoms with Crippen LogP contribution in [0.4, 0.5) is 10.6 Å². The molecule has 2 amide bonds. The number of carbonyl (C=O) groups is 1. The Hall–Kier alpha value is -3.22. The Bertz CT molecular complexity index is 948. The summed E-state index contributed by atoms with van der Waals surface area (Å²) in [5, 5.41) is 5.30. The number of amides is 2. The summed E-state index contributed by atoms with van der Waals surface area (Å²) in [7, 11) is 1.67. The van der Waals surface area contributed by atoms with Crippen LogP contribution in [0.15, 0.2) is 30.5 Å². The molecule has 3 rings (SSSR count). The first-order valence-corrected chi connectivity index (χ1v) is 8.36. The van der Waals surface area contributed by atoms with Crippen molar-refractivity contribution in [3.8, 4) is 17.0 Å². The summed E-state index contributed by atoms with van der Waals surface area (Å²) in [6, 6.07) is 7.53. The van der Waals surface area contributed by atoms with Crippen molar-refractivity contribution in [3.63, 3.8) is 0 Å². The maximum absolute atomic E-state index is 11.7. The lowest BCUT2D eigenvalue weighted by Gasteiger charge is -2.11. The van der Waals surface area contributed by atoms with Crippen molar-refractivity contribution in [2.75, 3.05) is 19.0 Å². The second-order valence-electron chi connectivity index (χ2n) is 5.92. The molecular weight excluding hydrogens is 330 g/mol. The SMILES string of the molecule is CCNC(=O)Nc1cnc2ccc(-c3cc(C)c(OC)c(C)c3)nc2n1. The number of nitrogens with zero attached hydrogens (tertiary/aromatic N) is 3. The van der Waals surface area contributed by atoms with Crippen LogP contribution in [0.2, 0.25) is 0 Å². The molecule has 2 N–H and O–H groups in total. The number of pyridine rings is 1. The van der Waals surface area contributed by atoms with Gasteiger partial charge in [0.05, 0.1) is 19.0 Å². The molecule has 0 aliphatic heterocycles. The molecule has 7 heteroatoms. The lowest BCUT2D eigenvalue weighted by molar-refractivity contribution is 0.252. The van der Waals surface area contributed by atoms with Gasteiger partial charge in [-0.1, -0.05) is 0 Å². The highest BCUT2D eigenvalue weighted by Gasteiger charge is 2.10. The fraction of sp³-hybridized carbons (Fsp3) is 0.263. The number of methoxy groups -OCH3 is 1. The fourth-order valence-electron chi connectivity index (χ4n) is 2.86. The first-order chi connectivity index (χ1) is 12.5. The topological polar surface area (TPSA) is 89.0 Å². The van der Waals surface area contributed by atoms with Gasteiger partial charge in [-0.25, -0.2) is 19.7 Å². The van der Waals surface area contributed by atoms with Crippen molar-refractivity contribution in [1.29, 1.82) is 0 Å². The standard InChI is InChI=1S/C19H21N5O2/c1-5-20-19(25)24-16-10-21-15-7-6-14(22-18(15)23-16)13-8-11(2)17(26-4)12(3)9-13/h6-10H,5H2,1-4H3,(H2,20,22,23,24,25). The molecule has 26 heavy (non-hydrogen) atoms. The summed E-state index contributed by atoms with van der Waals surface area (Å²) in [5.74, 6) is 1.23. The molecule has 2 aromatic heterocycles. The van der Waals surface area contributed by atoms with Crippen LogP contribution in [0, 0.1) is 13.8 Å². The first-order valence-electron chi connectivity index (χ1n) is 8.36. The van der Waals surface area contributed by atoms with E-state index in [-0.39, 0.29) is 6.03 Å². The summed E-state index contributed by atoms with van der Waals surface area (Å²) in [6.45, 7) is 6.39. The van der Waals surface area contributed by atoms with Gasteiger partial charge in [0.1, 0.15) is 11.3 Å². The van der Waals surface area contributed by atoms with Crippen LogP contribution < -0.4 is 15.4 Å². The molecule has 0 fully saturated rings. The zero-order valence-electron chi connectivity index (χ0n) is 15.3. The number of hydrogen-bond acceptors (Lipinski definition) is 5. The van der Waals surface area contributed by atoms with Gasteiger partial charge in [0.25, 0.3) is 0 Å². The third-order valence-electron chi connectivity index (χ3n) is 3.95. The quantitative estimate of drug-likeness (QED) is 0.751. The van der Waals surface area contributed by atoms with Crippen molar-refractivity contribution < 1.29 is 9.53 Å². The highest BCUT2D eigenvalue weighted by Crippen LogP contribution is 2.29. The van der Waals surface area contributed by atoms with Gasteiger partial charge in [0.15, 0.2) is 11.5 Å². The van der Waals surface area contributed by atoms with E-state index in [0.717, 1.165) is 28.1 Å². The van der Waals surface area contributed by atoms with Crippen molar-refractivity contribution >= 4 is 23.0 Å². The van der Waals surface area contributed by atoms with Gasteiger partial charge in [-0.2, -0.15) is 0 Å². The third-order valence-corrected chi connectivity index (χ3v) is 3.95. The molecule has 0 atom stereocenters. The average molecular weight is 351 g/mol. The van der Waals surface area contributed by atoms with E-state index < -0.39 is 0 Å². The number of aryl methyl sites for hydroxylation is 2. The van der Waals surface area contributed by atoms with E-state index >= 15 is 0 Å². The number of nitrogens with one attached hydrogen (secondary N) is 2. The van der Waals surface area contributed by atoms with Crippen molar-refractivity contribution in [2.45, 2.75) is 20.8 Å². The number of aromatic nitrogens is 3. The zero-order valence-corrected chi connectivity index (χ0v) is 15.3. The van der Waals surface area contributed by atoms with Crippen LogP contribution in [0.25, 0.3) is 22.4 Å². The van der Waals surface area contributed by atoms with Crippen LogP contribution >= 0.6 is 0 Å². The Morgan fingerprint density at radius 2 is 1.88 bits per heavy atom. The van der Waals surface area contributed by atoms with E-state index in [9.17, 15) is 4.79 Å². The molecule has 0 radical (unpaired) electrons. The number of hydrogen-bond donors (Lipinski definition) is 2. The Balaban J connectivity index is 1.99. The number of fused-ring (bicyclic) bond motifs is 1. The molecule has 2 heterocycles. The zero-order chi connectivity index (χ0) is 18.7. The minimum absolute atomic E-state index is 0.321. The van der Waals surface area contributed by atoms with Gasteiger partial charge in [0.2, 0.25) is 0 Å². The number of benzene rings is 1. The molecule has 3 aromatic rings. The largest absolute Gasteiger partial charge is 0.496 e. The monoisotopic (exact) mass is 351 g/mol. The number of ether oxygens (including phenoxy) is 1. The summed E-state index contributed by atoms with van der Waals surface area (Å²) >= 11 is 0. The minimum Gasteiger partial charge on any atom is -0.496 e. The Morgan fingerprint density at radius 3 is 2.54 bits per heavy atom. The summed E-state index contributed by atoms with van der Waals surface area (Å²) in [6.07, 6.45) is 1.51. The van der Waals surface area contributed by atoms with E-state index in [1.165, 1.54) is 6.20 Å². The first kappa shape index (κ1) is 17.6. The normalized spacial score (nSPS) is 10.6. The lowest BCUT2D eigenvalue weighted by atomic mass is 10.0. The van der Waals surface area contributed by atoms with E-state index in [1.54, 1.807) is 7.11 Å². The molecule has 0 spiro atoms. The number of urea groups is 1. The van der Waals surface area contributed by atoms with Crippen molar-refractivity contribution in [2.24, 2.45) is 0 Å². The van der Waals surface area contributed by atoms with Crippen LogP contribution in [0.3, 0.4) is 0 Å². The number of rotatable bonds is 4. The van der Waals surface area contributed by atoms with Gasteiger partial charge in [-0.05, 0) is 56.2 Å².